The standard InChI is InChI=1S/C11H13N3O3/c15-10(13-9-7-17-14-11(9)16)6-12-8-4-2-1-3-5-8/h1-5,9,12H,6-7H2,(H,13,15)(H,14,16)/t9-/m1/s1. The molecular formula is C11H13N3O3. The van der Waals surface area contributed by atoms with E-state index in [0.717, 1.165) is 5.69 Å². The lowest BCUT2D eigenvalue weighted by Gasteiger charge is -2.09. The molecule has 1 heterocycles. The molecule has 3 N–H and O–H groups in total. The number of anilines is 1. The number of carbonyl (C=O) groups excluding carboxylic acids is 2. The molecule has 0 aliphatic carbocycles. The minimum absolute atomic E-state index is 0.119. The summed E-state index contributed by atoms with van der Waals surface area (Å²) in [4.78, 5) is 27.3. The minimum Gasteiger partial charge on any atom is -0.376 e. The second-order valence-electron chi connectivity index (χ2n) is 3.62. The van der Waals surface area contributed by atoms with E-state index in [-0.39, 0.29) is 25.0 Å². The maximum atomic E-state index is 11.5. The maximum Gasteiger partial charge on any atom is 0.268 e. The topological polar surface area (TPSA) is 79.5 Å². The first-order chi connectivity index (χ1) is 8.25. The number of hydrogen-bond acceptors (Lipinski definition) is 4. The Morgan fingerprint density at radius 1 is 1.41 bits per heavy atom. The molecule has 90 valence electrons. The van der Waals surface area contributed by atoms with E-state index in [9.17, 15) is 9.59 Å². The van der Waals surface area contributed by atoms with Gasteiger partial charge < -0.3 is 10.6 Å². The van der Waals surface area contributed by atoms with E-state index in [2.05, 4.69) is 16.1 Å². The fraction of sp³-hybridized carbons (Fsp3) is 0.273. The van der Waals surface area contributed by atoms with Crippen molar-refractivity contribution in [2.24, 2.45) is 0 Å². The molecule has 6 heteroatoms. The molecule has 1 aromatic carbocycles. The summed E-state index contributed by atoms with van der Waals surface area (Å²) >= 11 is 0. The van der Waals surface area contributed by atoms with Crippen molar-refractivity contribution >= 4 is 17.5 Å². The van der Waals surface area contributed by atoms with E-state index in [4.69, 9.17) is 4.84 Å². The second kappa shape index (κ2) is 5.31. The Balaban J connectivity index is 1.76. The third kappa shape index (κ3) is 3.18. The molecule has 6 nitrogen and oxygen atoms in total. The highest BCUT2D eigenvalue weighted by Crippen LogP contribution is 2.03. The third-order valence-corrected chi connectivity index (χ3v) is 2.30. The Morgan fingerprint density at radius 2 is 2.18 bits per heavy atom. The summed E-state index contributed by atoms with van der Waals surface area (Å²) < 4.78 is 0. The van der Waals surface area contributed by atoms with Crippen molar-refractivity contribution in [1.29, 1.82) is 0 Å². The van der Waals surface area contributed by atoms with Crippen molar-refractivity contribution in [3.05, 3.63) is 30.3 Å². The van der Waals surface area contributed by atoms with Gasteiger partial charge in [0, 0.05) is 5.69 Å². The van der Waals surface area contributed by atoms with E-state index in [1.165, 1.54) is 0 Å². The number of para-hydroxylation sites is 1. The average Bonchev–Trinajstić information content (AvgIpc) is 2.74. The Kier molecular flexibility index (Phi) is 3.56. The van der Waals surface area contributed by atoms with Crippen molar-refractivity contribution < 1.29 is 14.4 Å². The molecule has 1 saturated heterocycles. The Hall–Kier alpha value is -2.08. The lowest BCUT2D eigenvalue weighted by molar-refractivity contribution is -0.128. The van der Waals surface area contributed by atoms with E-state index in [1.807, 2.05) is 30.3 Å². The predicted octanol–water partition coefficient (Wildman–Crippen LogP) is -0.355. The zero-order valence-electron chi connectivity index (χ0n) is 9.10. The largest absolute Gasteiger partial charge is 0.376 e. The summed E-state index contributed by atoms with van der Waals surface area (Å²) in [5.74, 6) is -0.572. The van der Waals surface area contributed by atoms with Crippen molar-refractivity contribution in [3.8, 4) is 0 Å². The van der Waals surface area contributed by atoms with Crippen LogP contribution in [0.1, 0.15) is 0 Å². The SMILES string of the molecule is O=C(CNc1ccccc1)N[C@@H]1CONC1=O. The predicted molar refractivity (Wildman–Crippen MR) is 61.0 cm³/mol. The minimum atomic E-state index is -0.597. The zero-order valence-corrected chi connectivity index (χ0v) is 9.10. The molecule has 0 unspecified atom stereocenters. The van der Waals surface area contributed by atoms with Crippen molar-refractivity contribution in [2.75, 3.05) is 18.5 Å². The molecule has 2 amide bonds. The fourth-order valence-corrected chi connectivity index (χ4v) is 1.43. The van der Waals surface area contributed by atoms with Gasteiger partial charge in [0.1, 0.15) is 12.6 Å². The lowest BCUT2D eigenvalue weighted by atomic mass is 10.3. The van der Waals surface area contributed by atoms with E-state index >= 15 is 0 Å². The van der Waals surface area contributed by atoms with Gasteiger partial charge in [0.2, 0.25) is 5.91 Å². The number of hydroxylamine groups is 1. The quantitative estimate of drug-likeness (QED) is 0.666. The van der Waals surface area contributed by atoms with Gasteiger partial charge in [-0.25, -0.2) is 5.48 Å². The van der Waals surface area contributed by atoms with Crippen LogP contribution < -0.4 is 16.1 Å². The monoisotopic (exact) mass is 235 g/mol. The average molecular weight is 235 g/mol. The molecule has 0 aromatic heterocycles. The van der Waals surface area contributed by atoms with Crippen LogP contribution in [-0.4, -0.2) is 31.0 Å². The van der Waals surface area contributed by atoms with Crippen LogP contribution in [0.4, 0.5) is 5.69 Å². The molecule has 1 aromatic rings. The maximum absolute atomic E-state index is 11.5. The Bertz CT molecular complexity index is 408. The molecular weight excluding hydrogens is 222 g/mol. The van der Waals surface area contributed by atoms with Crippen LogP contribution in [0, 0.1) is 0 Å². The highest BCUT2D eigenvalue weighted by molar-refractivity contribution is 5.89. The molecule has 1 aliphatic heterocycles. The van der Waals surface area contributed by atoms with Crippen molar-refractivity contribution in [2.45, 2.75) is 6.04 Å². The first kappa shape index (κ1) is 11.4. The van der Waals surface area contributed by atoms with Gasteiger partial charge in [0.25, 0.3) is 5.91 Å². The van der Waals surface area contributed by atoms with Gasteiger partial charge in [-0.2, -0.15) is 0 Å². The van der Waals surface area contributed by atoms with Crippen LogP contribution in [0.2, 0.25) is 0 Å². The number of hydrogen-bond donors (Lipinski definition) is 3. The summed E-state index contributed by atoms with van der Waals surface area (Å²) in [7, 11) is 0. The van der Waals surface area contributed by atoms with Gasteiger partial charge >= 0.3 is 0 Å². The Morgan fingerprint density at radius 3 is 2.82 bits per heavy atom. The number of amides is 2. The van der Waals surface area contributed by atoms with Crippen LogP contribution in [0.15, 0.2) is 30.3 Å². The van der Waals surface area contributed by atoms with Crippen LogP contribution in [-0.2, 0) is 14.4 Å². The number of rotatable bonds is 4. The number of carbonyl (C=O) groups is 2. The van der Waals surface area contributed by atoms with Crippen LogP contribution >= 0.6 is 0 Å². The molecule has 0 bridgehead atoms. The van der Waals surface area contributed by atoms with E-state index in [1.54, 1.807) is 0 Å². The first-order valence-corrected chi connectivity index (χ1v) is 5.25. The Labute approximate surface area is 98.3 Å². The van der Waals surface area contributed by atoms with Gasteiger partial charge in [-0.1, -0.05) is 18.2 Å². The molecule has 0 radical (unpaired) electrons. The molecule has 0 spiro atoms. The summed E-state index contributed by atoms with van der Waals surface area (Å²) in [6.07, 6.45) is 0. The first-order valence-electron chi connectivity index (χ1n) is 5.25. The molecule has 1 atom stereocenters. The fourth-order valence-electron chi connectivity index (χ4n) is 1.43. The van der Waals surface area contributed by atoms with Gasteiger partial charge in [-0.05, 0) is 12.1 Å². The van der Waals surface area contributed by atoms with Crippen LogP contribution in [0.5, 0.6) is 0 Å². The summed E-state index contributed by atoms with van der Waals surface area (Å²) in [6.45, 7) is 0.281. The molecule has 1 aliphatic rings. The van der Waals surface area contributed by atoms with E-state index < -0.39 is 6.04 Å². The van der Waals surface area contributed by atoms with E-state index in [0.29, 0.717) is 0 Å². The molecule has 1 fully saturated rings. The third-order valence-electron chi connectivity index (χ3n) is 2.30. The van der Waals surface area contributed by atoms with Gasteiger partial charge in [-0.3, -0.25) is 14.4 Å². The van der Waals surface area contributed by atoms with Gasteiger partial charge in [0.15, 0.2) is 0 Å². The lowest BCUT2D eigenvalue weighted by Crippen LogP contribution is -2.43. The molecule has 2 rings (SSSR count). The van der Waals surface area contributed by atoms with Gasteiger partial charge in [-0.15, -0.1) is 0 Å². The van der Waals surface area contributed by atoms with Crippen molar-refractivity contribution in [1.82, 2.24) is 10.8 Å². The number of benzene rings is 1. The van der Waals surface area contributed by atoms with Crippen LogP contribution in [0.25, 0.3) is 0 Å². The smallest absolute Gasteiger partial charge is 0.268 e. The highest BCUT2D eigenvalue weighted by Gasteiger charge is 2.26. The zero-order chi connectivity index (χ0) is 12.1. The van der Waals surface area contributed by atoms with Crippen molar-refractivity contribution in [3.63, 3.8) is 0 Å². The summed E-state index contributed by atoms with van der Waals surface area (Å²) in [5, 5.41) is 5.51. The molecule has 17 heavy (non-hydrogen) atoms. The highest BCUT2D eigenvalue weighted by atomic mass is 16.7. The number of nitrogens with one attached hydrogen (secondary N) is 3. The normalized spacial score (nSPS) is 18.6. The second-order valence-corrected chi connectivity index (χ2v) is 3.62. The summed E-state index contributed by atoms with van der Waals surface area (Å²) in [5.41, 5.74) is 3.03. The molecule has 0 saturated carbocycles. The van der Waals surface area contributed by atoms with Crippen LogP contribution in [0.3, 0.4) is 0 Å². The van der Waals surface area contributed by atoms with Gasteiger partial charge in [0.05, 0.1) is 6.54 Å². The summed E-state index contributed by atoms with van der Waals surface area (Å²) in [6, 6.07) is 8.76.